The van der Waals surface area contributed by atoms with Crippen molar-refractivity contribution in [2.75, 3.05) is 6.54 Å². The van der Waals surface area contributed by atoms with Gasteiger partial charge in [-0.05, 0) is 48.1 Å². The average Bonchev–Trinajstić information content (AvgIpc) is 2.60. The summed E-state index contributed by atoms with van der Waals surface area (Å²) >= 11 is 0. The number of nitrogens with one attached hydrogen (secondary N) is 1. The average molecular weight is 323 g/mol. The van der Waals surface area contributed by atoms with Crippen molar-refractivity contribution in [2.45, 2.75) is 31.6 Å². The summed E-state index contributed by atoms with van der Waals surface area (Å²) in [6.45, 7) is 0.656. The van der Waals surface area contributed by atoms with Crippen LogP contribution in [0.15, 0.2) is 48.5 Å². The molecule has 124 valence electrons. The first kappa shape index (κ1) is 16.2. The zero-order valence-electron chi connectivity index (χ0n) is 13.5. The van der Waals surface area contributed by atoms with Crippen LogP contribution in [0.25, 0.3) is 0 Å². The maximum Gasteiger partial charge on any atom is 0.335 e. The molecule has 24 heavy (non-hydrogen) atoms. The van der Waals surface area contributed by atoms with Crippen LogP contribution in [0.1, 0.15) is 45.8 Å². The SMILES string of the molecule is O=C(Cc1ccc(C(=O)O)cc1)NCC1CCCc2ccccc21. The van der Waals surface area contributed by atoms with E-state index in [0.717, 1.165) is 24.8 Å². The van der Waals surface area contributed by atoms with Gasteiger partial charge in [-0.25, -0.2) is 4.79 Å². The number of amides is 1. The van der Waals surface area contributed by atoms with E-state index in [1.807, 2.05) is 0 Å². The number of carboxylic acids is 1. The molecule has 0 fully saturated rings. The molecule has 2 N–H and O–H groups in total. The van der Waals surface area contributed by atoms with Crippen LogP contribution in [-0.2, 0) is 17.6 Å². The van der Waals surface area contributed by atoms with Gasteiger partial charge >= 0.3 is 5.97 Å². The Balaban J connectivity index is 1.55. The quantitative estimate of drug-likeness (QED) is 0.888. The second-order valence-electron chi connectivity index (χ2n) is 6.27. The Kier molecular flexibility index (Phi) is 4.94. The first-order chi connectivity index (χ1) is 11.6. The summed E-state index contributed by atoms with van der Waals surface area (Å²) in [6.07, 6.45) is 3.66. The maximum absolute atomic E-state index is 12.2. The number of fused-ring (bicyclic) bond motifs is 1. The van der Waals surface area contributed by atoms with E-state index in [9.17, 15) is 9.59 Å². The molecular weight excluding hydrogens is 302 g/mol. The minimum absolute atomic E-state index is 0.0267. The van der Waals surface area contributed by atoms with Crippen molar-refractivity contribution < 1.29 is 14.7 Å². The number of aromatic carboxylic acids is 1. The molecule has 0 aromatic heterocycles. The number of hydrogen-bond acceptors (Lipinski definition) is 2. The van der Waals surface area contributed by atoms with E-state index in [2.05, 4.69) is 29.6 Å². The second kappa shape index (κ2) is 7.30. The molecule has 4 heteroatoms. The number of carboxylic acid groups (broad SMARTS) is 1. The minimum Gasteiger partial charge on any atom is -0.478 e. The van der Waals surface area contributed by atoms with Crippen LogP contribution >= 0.6 is 0 Å². The predicted octanol–water partition coefficient (Wildman–Crippen LogP) is 3.16. The smallest absolute Gasteiger partial charge is 0.335 e. The zero-order valence-corrected chi connectivity index (χ0v) is 13.5. The fourth-order valence-electron chi connectivity index (χ4n) is 3.32. The Bertz CT molecular complexity index is 737. The highest BCUT2D eigenvalue weighted by Crippen LogP contribution is 2.30. The Morgan fingerprint density at radius 3 is 2.58 bits per heavy atom. The monoisotopic (exact) mass is 323 g/mol. The second-order valence-corrected chi connectivity index (χ2v) is 6.27. The number of aryl methyl sites for hydroxylation is 1. The molecule has 1 aliphatic carbocycles. The molecule has 0 spiro atoms. The van der Waals surface area contributed by atoms with Crippen molar-refractivity contribution in [3.05, 3.63) is 70.8 Å². The van der Waals surface area contributed by atoms with Crippen LogP contribution in [0.4, 0.5) is 0 Å². The number of rotatable bonds is 5. The van der Waals surface area contributed by atoms with Gasteiger partial charge in [0.1, 0.15) is 0 Å². The molecule has 0 bridgehead atoms. The molecular formula is C20H21NO3. The van der Waals surface area contributed by atoms with E-state index in [-0.39, 0.29) is 17.9 Å². The van der Waals surface area contributed by atoms with Crippen LogP contribution in [0, 0.1) is 0 Å². The fraction of sp³-hybridized carbons (Fsp3) is 0.300. The van der Waals surface area contributed by atoms with Crippen LogP contribution in [-0.4, -0.2) is 23.5 Å². The zero-order chi connectivity index (χ0) is 16.9. The Morgan fingerprint density at radius 2 is 1.83 bits per heavy atom. The summed E-state index contributed by atoms with van der Waals surface area (Å²) in [4.78, 5) is 23.0. The van der Waals surface area contributed by atoms with Crippen molar-refractivity contribution >= 4 is 11.9 Å². The van der Waals surface area contributed by atoms with E-state index < -0.39 is 5.97 Å². The molecule has 2 aromatic carbocycles. The molecule has 0 saturated heterocycles. The fourth-order valence-corrected chi connectivity index (χ4v) is 3.32. The summed E-state index contributed by atoms with van der Waals surface area (Å²) in [7, 11) is 0. The van der Waals surface area contributed by atoms with Gasteiger partial charge < -0.3 is 10.4 Å². The van der Waals surface area contributed by atoms with E-state index in [4.69, 9.17) is 5.11 Å². The molecule has 1 amide bonds. The molecule has 1 aliphatic rings. The lowest BCUT2D eigenvalue weighted by Gasteiger charge is -2.25. The van der Waals surface area contributed by atoms with Gasteiger partial charge in [-0.1, -0.05) is 36.4 Å². The van der Waals surface area contributed by atoms with Gasteiger partial charge in [0, 0.05) is 12.5 Å². The Hall–Kier alpha value is -2.62. The topological polar surface area (TPSA) is 66.4 Å². The van der Waals surface area contributed by atoms with E-state index in [0.29, 0.717) is 12.5 Å². The number of benzene rings is 2. The van der Waals surface area contributed by atoms with Crippen molar-refractivity contribution in [2.24, 2.45) is 0 Å². The van der Waals surface area contributed by atoms with Gasteiger partial charge in [0.15, 0.2) is 0 Å². The summed E-state index contributed by atoms with van der Waals surface area (Å²) in [5, 5.41) is 11.9. The Labute approximate surface area is 141 Å². The van der Waals surface area contributed by atoms with Gasteiger partial charge in [0.05, 0.1) is 12.0 Å². The minimum atomic E-state index is -0.957. The lowest BCUT2D eigenvalue weighted by molar-refractivity contribution is -0.120. The molecule has 4 nitrogen and oxygen atoms in total. The number of carbonyl (C=O) groups is 2. The largest absolute Gasteiger partial charge is 0.478 e. The van der Waals surface area contributed by atoms with Crippen LogP contribution in [0.5, 0.6) is 0 Å². The van der Waals surface area contributed by atoms with Gasteiger partial charge in [-0.15, -0.1) is 0 Å². The molecule has 0 radical (unpaired) electrons. The lowest BCUT2D eigenvalue weighted by Crippen LogP contribution is -2.31. The predicted molar refractivity (Wildman–Crippen MR) is 92.2 cm³/mol. The number of carbonyl (C=O) groups excluding carboxylic acids is 1. The highest BCUT2D eigenvalue weighted by Gasteiger charge is 2.20. The van der Waals surface area contributed by atoms with E-state index in [1.165, 1.54) is 23.3 Å². The van der Waals surface area contributed by atoms with Crippen LogP contribution in [0.2, 0.25) is 0 Å². The van der Waals surface area contributed by atoms with Crippen LogP contribution in [0.3, 0.4) is 0 Å². The molecule has 0 heterocycles. The summed E-state index contributed by atoms with van der Waals surface area (Å²) in [6, 6.07) is 14.9. The number of hydrogen-bond donors (Lipinski definition) is 2. The molecule has 0 saturated carbocycles. The van der Waals surface area contributed by atoms with Gasteiger partial charge in [-0.2, -0.15) is 0 Å². The summed E-state index contributed by atoms with van der Waals surface area (Å²) in [5.74, 6) is -0.601. The molecule has 1 unspecified atom stereocenters. The molecule has 1 atom stereocenters. The third kappa shape index (κ3) is 3.82. The normalized spacial score (nSPS) is 16.2. The first-order valence-corrected chi connectivity index (χ1v) is 8.30. The first-order valence-electron chi connectivity index (χ1n) is 8.30. The highest BCUT2D eigenvalue weighted by molar-refractivity contribution is 5.87. The van der Waals surface area contributed by atoms with Gasteiger partial charge in [0.2, 0.25) is 5.91 Å². The van der Waals surface area contributed by atoms with Crippen molar-refractivity contribution in [1.29, 1.82) is 0 Å². The third-order valence-electron chi connectivity index (χ3n) is 4.60. The molecule has 2 aromatic rings. The standard InChI is InChI=1S/C20H21NO3/c22-19(12-14-8-10-16(11-9-14)20(23)24)21-13-17-6-3-5-15-4-1-2-7-18(15)17/h1-2,4,7-11,17H,3,5-6,12-13H2,(H,21,22)(H,23,24). The molecule has 3 rings (SSSR count). The highest BCUT2D eigenvalue weighted by atomic mass is 16.4. The molecule has 0 aliphatic heterocycles. The summed E-state index contributed by atoms with van der Waals surface area (Å²) in [5.41, 5.74) is 3.81. The van der Waals surface area contributed by atoms with Crippen molar-refractivity contribution in [3.63, 3.8) is 0 Å². The van der Waals surface area contributed by atoms with Gasteiger partial charge in [0.25, 0.3) is 0 Å². The summed E-state index contributed by atoms with van der Waals surface area (Å²) < 4.78 is 0. The van der Waals surface area contributed by atoms with Crippen molar-refractivity contribution in [1.82, 2.24) is 5.32 Å². The van der Waals surface area contributed by atoms with Crippen LogP contribution < -0.4 is 5.32 Å². The maximum atomic E-state index is 12.2. The van der Waals surface area contributed by atoms with Crippen molar-refractivity contribution in [3.8, 4) is 0 Å². The third-order valence-corrected chi connectivity index (χ3v) is 4.60. The van der Waals surface area contributed by atoms with E-state index >= 15 is 0 Å². The lowest BCUT2D eigenvalue weighted by atomic mass is 9.83. The van der Waals surface area contributed by atoms with Gasteiger partial charge in [-0.3, -0.25) is 4.79 Å². The van der Waals surface area contributed by atoms with E-state index in [1.54, 1.807) is 12.1 Å². The Morgan fingerprint density at radius 1 is 1.08 bits per heavy atom.